The lowest BCUT2D eigenvalue weighted by Gasteiger charge is -2.02. The van der Waals surface area contributed by atoms with E-state index in [-0.39, 0.29) is 0 Å². The summed E-state index contributed by atoms with van der Waals surface area (Å²) in [6, 6.07) is 13.6. The van der Waals surface area contributed by atoms with Crippen LogP contribution in [0.25, 0.3) is 11.0 Å². The number of hydrogen-bond acceptors (Lipinski definition) is 2. The van der Waals surface area contributed by atoms with Crippen LogP contribution in [-0.2, 0) is 10.8 Å². The summed E-state index contributed by atoms with van der Waals surface area (Å²) in [5.41, 5.74) is 3.08. The fourth-order valence-electron chi connectivity index (χ4n) is 2.54. The zero-order valence-corrected chi connectivity index (χ0v) is 12.6. The summed E-state index contributed by atoms with van der Waals surface area (Å²) < 4.78 is 18.7. The van der Waals surface area contributed by atoms with E-state index in [1.807, 2.05) is 51.1 Å². The molecule has 1 atom stereocenters. The van der Waals surface area contributed by atoms with E-state index in [4.69, 9.17) is 4.42 Å². The number of fused-ring (bicyclic) bond motifs is 1. The summed E-state index contributed by atoms with van der Waals surface area (Å²) in [6.45, 7) is 5.95. The Hall–Kier alpha value is -1.87. The number of hydrogen-bond donors (Lipinski definition) is 0. The molecule has 3 heteroatoms. The molecule has 0 saturated heterocycles. The standard InChI is InChI=1S/C17H16O2S/c1-11-9-12(2)16-15(10-11)17(13(3)19-16)20(18)14-7-5-4-6-8-14/h4-10H,1-3H3. The maximum atomic E-state index is 12.8. The zero-order valence-electron chi connectivity index (χ0n) is 11.8. The first-order chi connectivity index (χ1) is 9.58. The quantitative estimate of drug-likeness (QED) is 0.692. The first kappa shape index (κ1) is 13.1. The Morgan fingerprint density at radius 1 is 1.00 bits per heavy atom. The third-order valence-electron chi connectivity index (χ3n) is 3.38. The van der Waals surface area contributed by atoms with Crippen LogP contribution in [0.1, 0.15) is 16.9 Å². The summed E-state index contributed by atoms with van der Waals surface area (Å²) in [5.74, 6) is 0.732. The van der Waals surface area contributed by atoms with Gasteiger partial charge in [-0.1, -0.05) is 24.3 Å². The molecule has 0 saturated carbocycles. The molecule has 0 fully saturated rings. The van der Waals surface area contributed by atoms with Gasteiger partial charge >= 0.3 is 0 Å². The minimum Gasteiger partial charge on any atom is -0.460 e. The fourth-order valence-corrected chi connectivity index (χ4v) is 3.83. The molecule has 0 amide bonds. The maximum Gasteiger partial charge on any atom is 0.138 e. The monoisotopic (exact) mass is 284 g/mol. The molecule has 0 aliphatic carbocycles. The Kier molecular flexibility index (Phi) is 3.22. The molecule has 0 N–H and O–H groups in total. The van der Waals surface area contributed by atoms with Crippen molar-refractivity contribution < 1.29 is 8.63 Å². The summed E-state index contributed by atoms with van der Waals surface area (Å²) >= 11 is 0. The van der Waals surface area contributed by atoms with Crippen molar-refractivity contribution in [2.24, 2.45) is 0 Å². The van der Waals surface area contributed by atoms with Gasteiger partial charge < -0.3 is 4.42 Å². The molecule has 102 valence electrons. The van der Waals surface area contributed by atoms with E-state index in [1.54, 1.807) is 0 Å². The van der Waals surface area contributed by atoms with E-state index in [0.29, 0.717) is 0 Å². The van der Waals surface area contributed by atoms with Crippen LogP contribution in [0.5, 0.6) is 0 Å². The lowest BCUT2D eigenvalue weighted by atomic mass is 10.1. The first-order valence-corrected chi connectivity index (χ1v) is 7.70. The Bertz CT molecular complexity index is 801. The van der Waals surface area contributed by atoms with E-state index < -0.39 is 10.8 Å². The van der Waals surface area contributed by atoms with Crippen molar-refractivity contribution in [2.45, 2.75) is 30.6 Å². The van der Waals surface area contributed by atoms with E-state index in [1.165, 1.54) is 0 Å². The van der Waals surface area contributed by atoms with Crippen LogP contribution >= 0.6 is 0 Å². The topological polar surface area (TPSA) is 30.2 Å². The Morgan fingerprint density at radius 2 is 1.70 bits per heavy atom. The highest BCUT2D eigenvalue weighted by Gasteiger charge is 2.19. The summed E-state index contributed by atoms with van der Waals surface area (Å²) in [6.07, 6.45) is 0. The Morgan fingerprint density at radius 3 is 2.40 bits per heavy atom. The Balaban J connectivity index is 2.26. The summed E-state index contributed by atoms with van der Waals surface area (Å²) in [5, 5.41) is 0.960. The van der Waals surface area contributed by atoms with E-state index >= 15 is 0 Å². The van der Waals surface area contributed by atoms with Gasteiger partial charge in [0.25, 0.3) is 0 Å². The molecule has 3 rings (SSSR count). The number of benzene rings is 2. The predicted octanol–water partition coefficient (Wildman–Crippen LogP) is 4.52. The molecule has 1 unspecified atom stereocenters. The van der Waals surface area contributed by atoms with Crippen molar-refractivity contribution in [2.75, 3.05) is 0 Å². The SMILES string of the molecule is Cc1cc(C)c2oc(C)c(S(=O)c3ccccc3)c2c1. The molecule has 0 spiro atoms. The van der Waals surface area contributed by atoms with Gasteiger partial charge in [-0.2, -0.15) is 0 Å². The molecule has 0 aliphatic rings. The highest BCUT2D eigenvalue weighted by molar-refractivity contribution is 7.85. The second kappa shape index (κ2) is 4.91. The van der Waals surface area contributed by atoms with Crippen LogP contribution in [0, 0.1) is 20.8 Å². The van der Waals surface area contributed by atoms with Gasteiger partial charge in [-0.15, -0.1) is 0 Å². The molecule has 2 nitrogen and oxygen atoms in total. The van der Waals surface area contributed by atoms with Gasteiger partial charge in [0.15, 0.2) is 0 Å². The fraction of sp³-hybridized carbons (Fsp3) is 0.176. The molecular formula is C17H16O2S. The normalized spacial score (nSPS) is 12.8. The molecule has 0 radical (unpaired) electrons. The predicted molar refractivity (Wildman–Crippen MR) is 81.5 cm³/mol. The van der Waals surface area contributed by atoms with Gasteiger partial charge in [-0.25, -0.2) is 4.21 Å². The number of furan rings is 1. The maximum absolute atomic E-state index is 12.8. The minimum absolute atomic E-state index is 0.732. The first-order valence-electron chi connectivity index (χ1n) is 6.55. The van der Waals surface area contributed by atoms with E-state index in [2.05, 4.69) is 12.1 Å². The largest absolute Gasteiger partial charge is 0.460 e. The van der Waals surface area contributed by atoms with E-state index in [0.717, 1.165) is 37.6 Å². The van der Waals surface area contributed by atoms with Crippen LogP contribution in [0.2, 0.25) is 0 Å². The summed E-state index contributed by atoms with van der Waals surface area (Å²) in [4.78, 5) is 1.59. The molecule has 3 aromatic rings. The third-order valence-corrected chi connectivity index (χ3v) is 4.96. The summed E-state index contributed by atoms with van der Waals surface area (Å²) in [7, 11) is -1.21. The van der Waals surface area contributed by atoms with Crippen LogP contribution in [0.3, 0.4) is 0 Å². The van der Waals surface area contributed by atoms with Crippen molar-refractivity contribution in [1.82, 2.24) is 0 Å². The van der Waals surface area contributed by atoms with Crippen LogP contribution < -0.4 is 0 Å². The van der Waals surface area contributed by atoms with Crippen molar-refractivity contribution in [3.05, 3.63) is 59.4 Å². The average Bonchev–Trinajstić information content (AvgIpc) is 2.76. The highest BCUT2D eigenvalue weighted by atomic mass is 32.2. The number of rotatable bonds is 2. The van der Waals surface area contributed by atoms with Gasteiger partial charge in [0.05, 0.1) is 15.7 Å². The average molecular weight is 284 g/mol. The third kappa shape index (κ3) is 2.08. The molecule has 0 aliphatic heterocycles. The van der Waals surface area contributed by atoms with Crippen LogP contribution in [-0.4, -0.2) is 4.21 Å². The van der Waals surface area contributed by atoms with Crippen molar-refractivity contribution in [1.29, 1.82) is 0 Å². The molecule has 1 heterocycles. The van der Waals surface area contributed by atoms with Gasteiger partial charge in [0.2, 0.25) is 0 Å². The molecule has 20 heavy (non-hydrogen) atoms. The van der Waals surface area contributed by atoms with Gasteiger partial charge in [0, 0.05) is 10.3 Å². The molecular weight excluding hydrogens is 268 g/mol. The lowest BCUT2D eigenvalue weighted by Crippen LogP contribution is -1.93. The van der Waals surface area contributed by atoms with Crippen LogP contribution in [0.4, 0.5) is 0 Å². The Labute approximate surface area is 120 Å². The highest BCUT2D eigenvalue weighted by Crippen LogP contribution is 2.33. The smallest absolute Gasteiger partial charge is 0.138 e. The molecule has 2 aromatic carbocycles. The van der Waals surface area contributed by atoms with Gasteiger partial charge in [-0.3, -0.25) is 0 Å². The molecule has 0 bridgehead atoms. The number of aryl methyl sites for hydroxylation is 3. The van der Waals surface area contributed by atoms with Crippen molar-refractivity contribution in [3.63, 3.8) is 0 Å². The second-order valence-corrected chi connectivity index (χ2v) is 6.44. The van der Waals surface area contributed by atoms with Crippen LogP contribution in [0.15, 0.2) is 56.7 Å². The second-order valence-electron chi connectivity index (χ2n) is 5.03. The zero-order chi connectivity index (χ0) is 14.3. The minimum atomic E-state index is -1.21. The lowest BCUT2D eigenvalue weighted by molar-refractivity contribution is 0.564. The van der Waals surface area contributed by atoms with E-state index in [9.17, 15) is 4.21 Å². The van der Waals surface area contributed by atoms with Crippen molar-refractivity contribution >= 4 is 21.8 Å². The van der Waals surface area contributed by atoms with Crippen molar-refractivity contribution in [3.8, 4) is 0 Å². The molecule has 1 aromatic heterocycles. The van der Waals surface area contributed by atoms with Gasteiger partial charge in [-0.05, 0) is 50.1 Å². The van der Waals surface area contributed by atoms with Gasteiger partial charge in [0.1, 0.15) is 11.3 Å².